The third-order valence-corrected chi connectivity index (χ3v) is 2.13. The monoisotopic (exact) mass is 131 g/mol. The van der Waals surface area contributed by atoms with E-state index in [1.54, 1.807) is 4.90 Å². The largest absolute Gasteiger partial charge is 0.276 e. The summed E-state index contributed by atoms with van der Waals surface area (Å²) in [6.45, 7) is 5.08. The Bertz CT molecular complexity index is 103. The molecule has 2 atom stereocenters. The maximum Gasteiger partial charge on any atom is 0.157 e. The number of rotatable bonds is 1. The van der Waals surface area contributed by atoms with E-state index >= 15 is 0 Å². The first-order chi connectivity index (χ1) is 4.13. The third-order valence-electron chi connectivity index (χ3n) is 2.13. The van der Waals surface area contributed by atoms with Gasteiger partial charge in [0.25, 0.3) is 0 Å². The number of hydrogen-bond donors (Lipinski definition) is 0. The van der Waals surface area contributed by atoms with Crippen LogP contribution in [0.4, 0.5) is 4.39 Å². The van der Waals surface area contributed by atoms with Crippen LogP contribution in [0.3, 0.4) is 0 Å². The maximum absolute atomic E-state index is 12.8. The van der Waals surface area contributed by atoms with Gasteiger partial charge in [0.1, 0.15) is 0 Å². The molecule has 0 aromatic carbocycles. The zero-order valence-corrected chi connectivity index (χ0v) is 6.26. The molecule has 54 valence electrons. The highest BCUT2D eigenvalue weighted by molar-refractivity contribution is 4.83. The van der Waals surface area contributed by atoms with Gasteiger partial charge >= 0.3 is 0 Å². The van der Waals surface area contributed by atoms with Crippen LogP contribution in [-0.2, 0) is 0 Å². The van der Waals surface area contributed by atoms with Gasteiger partial charge in [-0.15, -0.1) is 0 Å². The van der Waals surface area contributed by atoms with Crippen LogP contribution in [0.2, 0.25) is 0 Å². The number of nitrogens with zero attached hydrogens (tertiary/aromatic N) is 1. The molecule has 0 aromatic rings. The Kier molecular flexibility index (Phi) is 1.75. The number of alkyl halides is 1. The predicted molar refractivity (Wildman–Crippen MR) is 35.9 cm³/mol. The lowest BCUT2D eigenvalue weighted by Crippen LogP contribution is -2.53. The van der Waals surface area contributed by atoms with Crippen LogP contribution in [0.1, 0.15) is 13.8 Å². The summed E-state index contributed by atoms with van der Waals surface area (Å²) in [7, 11) is 1.82. The van der Waals surface area contributed by atoms with Gasteiger partial charge in [0, 0.05) is 12.5 Å². The fraction of sp³-hybridized carbons (Fsp3) is 1.00. The van der Waals surface area contributed by atoms with Gasteiger partial charge in [0.2, 0.25) is 0 Å². The van der Waals surface area contributed by atoms with Gasteiger partial charge in [-0.1, -0.05) is 13.8 Å². The van der Waals surface area contributed by atoms with Crippen LogP contribution in [0, 0.1) is 11.8 Å². The minimum Gasteiger partial charge on any atom is -0.276 e. The fourth-order valence-electron chi connectivity index (χ4n) is 1.24. The molecule has 1 rings (SSSR count). The van der Waals surface area contributed by atoms with E-state index in [-0.39, 0.29) is 5.92 Å². The molecule has 9 heavy (non-hydrogen) atoms. The van der Waals surface area contributed by atoms with Gasteiger partial charge < -0.3 is 0 Å². The number of hydrogen-bond acceptors (Lipinski definition) is 1. The Morgan fingerprint density at radius 3 is 2.22 bits per heavy atom. The molecule has 0 amide bonds. The summed E-state index contributed by atoms with van der Waals surface area (Å²) in [5, 5.41) is 0. The second-order valence-corrected chi connectivity index (χ2v) is 3.22. The quantitative estimate of drug-likeness (QED) is 0.487. The molecule has 0 radical (unpaired) electrons. The van der Waals surface area contributed by atoms with Gasteiger partial charge in [0.05, 0.1) is 0 Å². The van der Waals surface area contributed by atoms with E-state index in [2.05, 4.69) is 13.8 Å². The molecule has 1 aliphatic rings. The Hall–Kier alpha value is -0.110. The van der Waals surface area contributed by atoms with Crippen LogP contribution in [0.5, 0.6) is 0 Å². The molecule has 0 aliphatic carbocycles. The van der Waals surface area contributed by atoms with Crippen LogP contribution < -0.4 is 0 Å². The van der Waals surface area contributed by atoms with E-state index in [1.807, 2.05) is 7.05 Å². The first-order valence-electron chi connectivity index (χ1n) is 3.47. The second kappa shape index (κ2) is 2.25. The van der Waals surface area contributed by atoms with Crippen molar-refractivity contribution in [2.45, 2.75) is 20.1 Å². The highest BCUT2D eigenvalue weighted by Gasteiger charge is 2.37. The van der Waals surface area contributed by atoms with Crippen molar-refractivity contribution < 1.29 is 4.39 Å². The average Bonchev–Trinajstić information content (AvgIpc) is 1.81. The van der Waals surface area contributed by atoms with Crippen molar-refractivity contribution in [1.29, 1.82) is 0 Å². The van der Waals surface area contributed by atoms with Crippen LogP contribution >= 0.6 is 0 Å². The highest BCUT2D eigenvalue weighted by Crippen LogP contribution is 2.29. The van der Waals surface area contributed by atoms with E-state index in [0.717, 1.165) is 6.54 Å². The smallest absolute Gasteiger partial charge is 0.157 e. The van der Waals surface area contributed by atoms with Crippen molar-refractivity contribution in [3.8, 4) is 0 Å². The minimum absolute atomic E-state index is 0.287. The molecule has 2 heteroatoms. The van der Waals surface area contributed by atoms with E-state index in [4.69, 9.17) is 0 Å². The van der Waals surface area contributed by atoms with Crippen LogP contribution in [0.25, 0.3) is 0 Å². The molecular formula is C7H14FN. The first kappa shape index (κ1) is 7.00. The lowest BCUT2D eigenvalue weighted by atomic mass is 9.88. The summed E-state index contributed by atoms with van der Waals surface area (Å²) in [6.07, 6.45) is -0.676. The van der Waals surface area contributed by atoms with Gasteiger partial charge in [-0.05, 0) is 13.0 Å². The summed E-state index contributed by atoms with van der Waals surface area (Å²) in [5.41, 5.74) is 0. The SMILES string of the molecule is CC(C)C1CN(C)C1F. The van der Waals surface area contributed by atoms with Crippen molar-refractivity contribution in [3.05, 3.63) is 0 Å². The van der Waals surface area contributed by atoms with Crippen molar-refractivity contribution in [3.63, 3.8) is 0 Å². The normalized spacial score (nSPS) is 37.0. The first-order valence-corrected chi connectivity index (χ1v) is 3.47. The van der Waals surface area contributed by atoms with Crippen LogP contribution in [0.15, 0.2) is 0 Å². The van der Waals surface area contributed by atoms with Gasteiger partial charge in [-0.2, -0.15) is 0 Å². The lowest BCUT2D eigenvalue weighted by Gasteiger charge is -2.42. The molecule has 1 aliphatic heterocycles. The summed E-state index contributed by atoms with van der Waals surface area (Å²) in [6, 6.07) is 0. The standard InChI is InChI=1S/C7H14FN/c1-5(2)6-4-9(3)7(6)8/h5-7H,4H2,1-3H3. The molecule has 1 fully saturated rings. The topological polar surface area (TPSA) is 3.24 Å². The van der Waals surface area contributed by atoms with E-state index in [1.165, 1.54) is 0 Å². The number of halogens is 1. The summed E-state index contributed by atoms with van der Waals surface area (Å²) in [4.78, 5) is 1.74. The zero-order valence-electron chi connectivity index (χ0n) is 6.26. The van der Waals surface area contributed by atoms with Gasteiger partial charge in [0.15, 0.2) is 6.30 Å². The highest BCUT2D eigenvalue weighted by atomic mass is 19.1. The van der Waals surface area contributed by atoms with E-state index in [9.17, 15) is 4.39 Å². The second-order valence-electron chi connectivity index (χ2n) is 3.22. The minimum atomic E-state index is -0.676. The third kappa shape index (κ3) is 1.08. The Morgan fingerprint density at radius 2 is 2.11 bits per heavy atom. The molecule has 1 heterocycles. The van der Waals surface area contributed by atoms with E-state index in [0.29, 0.717) is 5.92 Å². The number of likely N-dealkylation sites (tertiary alicyclic amines) is 1. The van der Waals surface area contributed by atoms with Crippen molar-refractivity contribution in [2.24, 2.45) is 11.8 Å². The van der Waals surface area contributed by atoms with E-state index < -0.39 is 6.30 Å². The Morgan fingerprint density at radius 1 is 1.56 bits per heavy atom. The maximum atomic E-state index is 12.8. The molecule has 0 saturated carbocycles. The van der Waals surface area contributed by atoms with Crippen molar-refractivity contribution >= 4 is 0 Å². The molecule has 1 saturated heterocycles. The molecule has 0 spiro atoms. The summed E-state index contributed by atoms with van der Waals surface area (Å²) >= 11 is 0. The molecule has 2 unspecified atom stereocenters. The molecule has 0 aromatic heterocycles. The molecule has 0 N–H and O–H groups in total. The zero-order chi connectivity index (χ0) is 7.02. The van der Waals surface area contributed by atoms with Gasteiger partial charge in [-0.3, -0.25) is 4.90 Å². The Labute approximate surface area is 55.8 Å². The Balaban J connectivity index is 2.33. The van der Waals surface area contributed by atoms with Crippen molar-refractivity contribution in [2.75, 3.05) is 13.6 Å². The lowest BCUT2D eigenvalue weighted by molar-refractivity contribution is -0.0742. The molecular weight excluding hydrogens is 117 g/mol. The molecule has 0 bridgehead atoms. The van der Waals surface area contributed by atoms with Crippen molar-refractivity contribution in [1.82, 2.24) is 4.90 Å². The molecule has 1 nitrogen and oxygen atoms in total. The fourth-order valence-corrected chi connectivity index (χ4v) is 1.24. The predicted octanol–water partition coefficient (Wildman–Crippen LogP) is 1.50. The average molecular weight is 131 g/mol. The summed E-state index contributed by atoms with van der Waals surface area (Å²) < 4.78 is 12.8. The summed E-state index contributed by atoms with van der Waals surface area (Å²) in [5.74, 6) is 0.784. The van der Waals surface area contributed by atoms with Crippen LogP contribution in [-0.4, -0.2) is 24.8 Å². The van der Waals surface area contributed by atoms with Gasteiger partial charge in [-0.25, -0.2) is 4.39 Å².